The number of likely N-dealkylation sites (tertiary alicyclic amines) is 1. The third-order valence-corrected chi connectivity index (χ3v) is 6.93. The molecule has 30 heavy (non-hydrogen) atoms. The van der Waals surface area contributed by atoms with E-state index in [4.69, 9.17) is 10.1 Å². The SMILES string of the molecule is CCNc1nc(C2(c3ccccc3)CCN(Cc3cn(CCO)nc3C)CC2)cs1. The van der Waals surface area contributed by atoms with E-state index in [1.807, 2.05) is 4.68 Å². The zero-order valence-electron chi connectivity index (χ0n) is 17.8. The lowest BCUT2D eigenvalue weighted by Gasteiger charge is -2.41. The summed E-state index contributed by atoms with van der Waals surface area (Å²) >= 11 is 1.71. The molecule has 1 fully saturated rings. The molecule has 2 aromatic heterocycles. The molecule has 6 nitrogen and oxygen atoms in total. The predicted octanol–water partition coefficient (Wildman–Crippen LogP) is 3.65. The number of hydrogen-bond donors (Lipinski definition) is 2. The number of anilines is 1. The molecule has 160 valence electrons. The number of aryl methyl sites for hydroxylation is 1. The van der Waals surface area contributed by atoms with Crippen LogP contribution in [0.1, 0.15) is 42.3 Å². The number of aliphatic hydroxyl groups excluding tert-OH is 1. The summed E-state index contributed by atoms with van der Waals surface area (Å²) in [6, 6.07) is 10.9. The Hall–Kier alpha value is -2.22. The molecule has 3 heterocycles. The maximum absolute atomic E-state index is 9.17. The van der Waals surface area contributed by atoms with Crippen LogP contribution in [0.3, 0.4) is 0 Å². The van der Waals surface area contributed by atoms with Crippen molar-refractivity contribution in [3.05, 3.63) is 64.4 Å². The molecule has 0 unspecified atom stereocenters. The maximum atomic E-state index is 9.17. The van der Waals surface area contributed by atoms with E-state index in [-0.39, 0.29) is 12.0 Å². The number of aliphatic hydroxyl groups is 1. The van der Waals surface area contributed by atoms with Gasteiger partial charge in [0.1, 0.15) is 0 Å². The van der Waals surface area contributed by atoms with Crippen LogP contribution < -0.4 is 5.32 Å². The minimum absolute atomic E-state index is 0.0297. The molecule has 0 saturated carbocycles. The molecule has 0 amide bonds. The molecule has 7 heteroatoms. The van der Waals surface area contributed by atoms with Gasteiger partial charge < -0.3 is 10.4 Å². The fraction of sp³-hybridized carbons (Fsp3) is 0.478. The van der Waals surface area contributed by atoms with Crippen LogP contribution in [0.25, 0.3) is 0 Å². The van der Waals surface area contributed by atoms with Crippen LogP contribution in [-0.2, 0) is 18.5 Å². The second kappa shape index (κ2) is 9.29. The molecule has 1 aromatic carbocycles. The second-order valence-corrected chi connectivity index (χ2v) is 8.88. The second-order valence-electron chi connectivity index (χ2n) is 8.02. The van der Waals surface area contributed by atoms with Gasteiger partial charge in [0.15, 0.2) is 5.13 Å². The Morgan fingerprint density at radius 3 is 2.67 bits per heavy atom. The molecule has 0 radical (unpaired) electrons. The van der Waals surface area contributed by atoms with Gasteiger partial charge in [-0.25, -0.2) is 4.98 Å². The highest BCUT2D eigenvalue weighted by Crippen LogP contribution is 2.42. The van der Waals surface area contributed by atoms with Crippen LogP contribution in [0.5, 0.6) is 0 Å². The molecular formula is C23H31N5OS. The van der Waals surface area contributed by atoms with Crippen molar-refractivity contribution in [2.75, 3.05) is 31.6 Å². The van der Waals surface area contributed by atoms with Crippen LogP contribution in [0.2, 0.25) is 0 Å². The highest BCUT2D eigenvalue weighted by atomic mass is 32.1. The van der Waals surface area contributed by atoms with E-state index in [0.29, 0.717) is 6.54 Å². The van der Waals surface area contributed by atoms with E-state index in [2.05, 4.69) is 71.1 Å². The quantitative estimate of drug-likeness (QED) is 0.577. The van der Waals surface area contributed by atoms with E-state index in [0.717, 1.165) is 49.8 Å². The highest BCUT2D eigenvalue weighted by molar-refractivity contribution is 7.13. The van der Waals surface area contributed by atoms with Crippen molar-refractivity contribution in [2.24, 2.45) is 0 Å². The molecule has 0 bridgehead atoms. The third kappa shape index (κ3) is 4.29. The number of thiazole rings is 1. The topological polar surface area (TPSA) is 66.2 Å². The Kier molecular flexibility index (Phi) is 6.51. The van der Waals surface area contributed by atoms with Crippen molar-refractivity contribution >= 4 is 16.5 Å². The van der Waals surface area contributed by atoms with Gasteiger partial charge in [-0.3, -0.25) is 9.58 Å². The lowest BCUT2D eigenvalue weighted by atomic mass is 9.70. The minimum Gasteiger partial charge on any atom is -0.394 e. The van der Waals surface area contributed by atoms with Gasteiger partial charge in [-0.05, 0) is 45.3 Å². The number of nitrogens with zero attached hydrogens (tertiary/aromatic N) is 4. The molecule has 0 aliphatic carbocycles. The number of rotatable bonds is 8. The zero-order valence-corrected chi connectivity index (χ0v) is 18.7. The summed E-state index contributed by atoms with van der Waals surface area (Å²) in [5.74, 6) is 0. The summed E-state index contributed by atoms with van der Waals surface area (Å²) in [4.78, 5) is 7.49. The Morgan fingerprint density at radius 1 is 1.20 bits per heavy atom. The first-order valence-electron chi connectivity index (χ1n) is 10.8. The molecule has 1 aliphatic heterocycles. The monoisotopic (exact) mass is 425 g/mol. The summed E-state index contributed by atoms with van der Waals surface area (Å²) in [6.07, 6.45) is 4.18. The first kappa shape index (κ1) is 21.0. The van der Waals surface area contributed by atoms with E-state index in [1.165, 1.54) is 16.8 Å². The van der Waals surface area contributed by atoms with Crippen molar-refractivity contribution in [1.29, 1.82) is 0 Å². The Bertz CT molecular complexity index is 944. The van der Waals surface area contributed by atoms with Crippen LogP contribution in [0.15, 0.2) is 41.9 Å². The molecule has 3 aromatic rings. The van der Waals surface area contributed by atoms with Crippen LogP contribution in [-0.4, -0.2) is 51.0 Å². The summed E-state index contributed by atoms with van der Waals surface area (Å²) < 4.78 is 1.85. The molecule has 0 atom stereocenters. The largest absolute Gasteiger partial charge is 0.394 e. The van der Waals surface area contributed by atoms with Gasteiger partial charge in [-0.15, -0.1) is 11.3 Å². The molecule has 0 spiro atoms. The van der Waals surface area contributed by atoms with Gasteiger partial charge in [0.25, 0.3) is 0 Å². The van der Waals surface area contributed by atoms with Gasteiger partial charge in [-0.1, -0.05) is 30.3 Å². The van der Waals surface area contributed by atoms with E-state index >= 15 is 0 Å². The number of piperidine rings is 1. The number of nitrogens with one attached hydrogen (secondary N) is 1. The predicted molar refractivity (Wildman–Crippen MR) is 122 cm³/mol. The number of benzene rings is 1. The molecule has 1 saturated heterocycles. The lowest BCUT2D eigenvalue weighted by molar-refractivity contribution is 0.170. The van der Waals surface area contributed by atoms with Crippen molar-refractivity contribution in [2.45, 2.75) is 45.2 Å². The summed E-state index contributed by atoms with van der Waals surface area (Å²) in [5.41, 5.74) is 4.83. The lowest BCUT2D eigenvalue weighted by Crippen LogP contribution is -2.43. The average Bonchev–Trinajstić information content (AvgIpc) is 3.37. The molecule has 4 rings (SSSR count). The average molecular weight is 426 g/mol. The van der Waals surface area contributed by atoms with Gasteiger partial charge in [-0.2, -0.15) is 5.10 Å². The summed E-state index contributed by atoms with van der Waals surface area (Å²) in [7, 11) is 0. The Labute approximate surface area is 182 Å². The zero-order chi connectivity index (χ0) is 21.0. The fourth-order valence-corrected chi connectivity index (χ4v) is 5.32. The standard InChI is InChI=1S/C23H31N5OS/c1-3-24-22-25-21(17-30-22)23(20-7-5-4-6-8-20)9-11-27(12-10-23)15-19-16-28(13-14-29)26-18(19)2/h4-8,16-17,29H,3,9-15H2,1-2H3,(H,24,25). The fourth-order valence-electron chi connectivity index (χ4n) is 4.44. The minimum atomic E-state index is -0.0297. The van der Waals surface area contributed by atoms with E-state index in [1.54, 1.807) is 11.3 Å². The third-order valence-electron chi connectivity index (χ3n) is 6.13. The number of hydrogen-bond acceptors (Lipinski definition) is 6. The smallest absolute Gasteiger partial charge is 0.182 e. The molecular weight excluding hydrogens is 394 g/mol. The van der Waals surface area contributed by atoms with Crippen LogP contribution in [0.4, 0.5) is 5.13 Å². The van der Waals surface area contributed by atoms with Crippen LogP contribution >= 0.6 is 11.3 Å². The highest BCUT2D eigenvalue weighted by Gasteiger charge is 2.39. The Balaban J connectivity index is 1.53. The van der Waals surface area contributed by atoms with Crippen LogP contribution in [0, 0.1) is 6.92 Å². The van der Waals surface area contributed by atoms with Gasteiger partial charge in [0, 0.05) is 35.6 Å². The van der Waals surface area contributed by atoms with Gasteiger partial charge in [0.05, 0.1) is 24.5 Å². The van der Waals surface area contributed by atoms with Gasteiger partial charge >= 0.3 is 0 Å². The van der Waals surface area contributed by atoms with Crippen molar-refractivity contribution in [3.63, 3.8) is 0 Å². The summed E-state index contributed by atoms with van der Waals surface area (Å²) in [6.45, 7) is 8.67. The van der Waals surface area contributed by atoms with Crippen molar-refractivity contribution in [3.8, 4) is 0 Å². The van der Waals surface area contributed by atoms with Crippen molar-refractivity contribution in [1.82, 2.24) is 19.7 Å². The Morgan fingerprint density at radius 2 is 1.97 bits per heavy atom. The normalized spacial score (nSPS) is 16.6. The van der Waals surface area contributed by atoms with E-state index < -0.39 is 0 Å². The first-order chi connectivity index (χ1) is 14.6. The number of aromatic nitrogens is 3. The van der Waals surface area contributed by atoms with Gasteiger partial charge in [0.2, 0.25) is 0 Å². The maximum Gasteiger partial charge on any atom is 0.182 e. The van der Waals surface area contributed by atoms with Crippen molar-refractivity contribution < 1.29 is 5.11 Å². The molecule has 2 N–H and O–H groups in total. The van der Waals surface area contributed by atoms with E-state index in [9.17, 15) is 0 Å². The first-order valence-corrected chi connectivity index (χ1v) is 11.6. The summed E-state index contributed by atoms with van der Waals surface area (Å²) in [5, 5.41) is 20.3. The molecule has 1 aliphatic rings.